The molecule has 0 saturated heterocycles. The molecule has 0 bridgehead atoms. The number of hydrogen-bond acceptors (Lipinski definition) is 4. The smallest absolute Gasteiger partial charge is 0.276 e. The largest absolute Gasteiger partial charge is 0.508 e. The van der Waals surface area contributed by atoms with Gasteiger partial charge in [-0.3, -0.25) is 9.59 Å². The summed E-state index contributed by atoms with van der Waals surface area (Å²) in [6.45, 7) is 0. The lowest BCUT2D eigenvalue weighted by Crippen LogP contribution is -2.25. The Morgan fingerprint density at radius 3 is 2.83 bits per heavy atom. The molecule has 3 aromatic rings. The molecule has 0 fully saturated rings. The maximum Gasteiger partial charge on any atom is 0.276 e. The molecule has 0 saturated carbocycles. The molecular weight excluding hydrogens is 313 g/mol. The van der Waals surface area contributed by atoms with Crippen LogP contribution in [-0.2, 0) is 0 Å². The van der Waals surface area contributed by atoms with E-state index in [-0.39, 0.29) is 22.2 Å². The predicted octanol–water partition coefficient (Wildman–Crippen LogP) is 2.14. The number of rotatable bonds is 3. The van der Waals surface area contributed by atoms with Gasteiger partial charge in [-0.25, -0.2) is 9.82 Å². The van der Waals surface area contributed by atoms with Gasteiger partial charge in [0.2, 0.25) is 5.43 Å². The topological polar surface area (TPSA) is 94.5 Å². The summed E-state index contributed by atoms with van der Waals surface area (Å²) in [7, 11) is 0. The number of fused-ring (bicyclic) bond motifs is 1. The third-order valence-electron chi connectivity index (χ3n) is 3.36. The van der Waals surface area contributed by atoms with Gasteiger partial charge in [0.1, 0.15) is 17.1 Å². The van der Waals surface area contributed by atoms with E-state index < -0.39 is 17.2 Å². The fourth-order valence-corrected chi connectivity index (χ4v) is 2.21. The number of hydrazone groups is 1. The van der Waals surface area contributed by atoms with Crippen LogP contribution in [-0.4, -0.2) is 22.2 Å². The number of carbonyl (C=O) groups is 1. The zero-order valence-corrected chi connectivity index (χ0v) is 12.3. The average Bonchev–Trinajstić information content (AvgIpc) is 2.56. The number of phenolic OH excluding ortho intramolecular Hbond substituents is 1. The van der Waals surface area contributed by atoms with Crippen LogP contribution in [0.5, 0.6) is 5.75 Å². The minimum atomic E-state index is -0.723. The summed E-state index contributed by atoms with van der Waals surface area (Å²) < 4.78 is 13.6. The van der Waals surface area contributed by atoms with Crippen molar-refractivity contribution in [3.63, 3.8) is 0 Å². The van der Waals surface area contributed by atoms with E-state index in [2.05, 4.69) is 15.5 Å². The first-order valence-electron chi connectivity index (χ1n) is 6.98. The van der Waals surface area contributed by atoms with Crippen molar-refractivity contribution < 1.29 is 14.3 Å². The molecule has 7 heteroatoms. The number of carbonyl (C=O) groups excluding carboxylic acids is 1. The van der Waals surface area contributed by atoms with Crippen molar-refractivity contribution in [1.29, 1.82) is 0 Å². The average molecular weight is 325 g/mol. The maximum atomic E-state index is 13.6. The molecular formula is C17H12FN3O3. The number of pyridine rings is 1. The predicted molar refractivity (Wildman–Crippen MR) is 87.7 cm³/mol. The van der Waals surface area contributed by atoms with Crippen molar-refractivity contribution in [3.05, 3.63) is 75.8 Å². The molecule has 1 aromatic heterocycles. The Kier molecular flexibility index (Phi) is 4.07. The van der Waals surface area contributed by atoms with E-state index in [4.69, 9.17) is 0 Å². The molecule has 0 aliphatic carbocycles. The minimum Gasteiger partial charge on any atom is -0.508 e. The van der Waals surface area contributed by atoms with E-state index >= 15 is 0 Å². The number of hydrogen-bond donors (Lipinski definition) is 3. The summed E-state index contributed by atoms with van der Waals surface area (Å²) in [6.07, 6.45) is 2.47. The fourth-order valence-electron chi connectivity index (χ4n) is 2.21. The highest BCUT2D eigenvalue weighted by Crippen LogP contribution is 2.12. The SMILES string of the molecule is O=C(N/N=C/c1cccc(O)c1)c1c[nH]c2c(F)cccc2c1=O. The standard InChI is InChI=1S/C17H12FN3O3/c18-14-6-2-5-12-15(14)19-9-13(16(12)23)17(24)21-20-8-10-3-1-4-11(22)7-10/h1-9,22H,(H,19,23)(H,21,24)/b20-8+. The first kappa shape index (κ1) is 15.4. The monoisotopic (exact) mass is 325 g/mol. The number of amides is 1. The zero-order chi connectivity index (χ0) is 17.1. The summed E-state index contributed by atoms with van der Waals surface area (Å²) in [4.78, 5) is 26.9. The molecule has 0 aliphatic rings. The lowest BCUT2D eigenvalue weighted by molar-refractivity contribution is 0.0954. The summed E-state index contributed by atoms with van der Waals surface area (Å²) in [5.41, 5.74) is 2.07. The number of aromatic hydroxyl groups is 1. The normalized spacial score (nSPS) is 11.0. The van der Waals surface area contributed by atoms with Gasteiger partial charge in [0.25, 0.3) is 5.91 Å². The van der Waals surface area contributed by atoms with Crippen LogP contribution in [0.1, 0.15) is 15.9 Å². The molecule has 2 aromatic carbocycles. The Bertz CT molecular complexity index is 1010. The van der Waals surface area contributed by atoms with Crippen molar-refractivity contribution in [2.45, 2.75) is 0 Å². The number of aromatic nitrogens is 1. The summed E-state index contributed by atoms with van der Waals surface area (Å²) in [5.74, 6) is -1.23. The second-order valence-corrected chi connectivity index (χ2v) is 4.99. The van der Waals surface area contributed by atoms with E-state index in [9.17, 15) is 19.1 Å². The van der Waals surface area contributed by atoms with Crippen LogP contribution < -0.4 is 10.9 Å². The molecule has 3 N–H and O–H groups in total. The van der Waals surface area contributed by atoms with Crippen LogP contribution >= 0.6 is 0 Å². The number of para-hydroxylation sites is 1. The van der Waals surface area contributed by atoms with Gasteiger partial charge >= 0.3 is 0 Å². The highest BCUT2D eigenvalue weighted by molar-refractivity contribution is 5.97. The third-order valence-corrected chi connectivity index (χ3v) is 3.36. The molecule has 0 spiro atoms. The van der Waals surface area contributed by atoms with E-state index in [0.717, 1.165) is 6.20 Å². The van der Waals surface area contributed by atoms with Crippen LogP contribution in [0, 0.1) is 5.82 Å². The third kappa shape index (κ3) is 3.00. The maximum absolute atomic E-state index is 13.6. The Morgan fingerprint density at radius 2 is 2.04 bits per heavy atom. The van der Waals surface area contributed by atoms with Gasteiger partial charge in [0.15, 0.2) is 0 Å². The molecule has 0 radical (unpaired) electrons. The van der Waals surface area contributed by atoms with Crippen molar-refractivity contribution in [3.8, 4) is 5.75 Å². The number of benzene rings is 2. The highest BCUT2D eigenvalue weighted by atomic mass is 19.1. The first-order valence-corrected chi connectivity index (χ1v) is 6.98. The molecule has 24 heavy (non-hydrogen) atoms. The first-order chi connectivity index (χ1) is 11.6. The van der Waals surface area contributed by atoms with Gasteiger partial charge in [0.05, 0.1) is 11.7 Å². The molecule has 0 unspecified atom stereocenters. The van der Waals surface area contributed by atoms with Crippen LogP contribution in [0.25, 0.3) is 10.9 Å². The quantitative estimate of drug-likeness (QED) is 0.508. The zero-order valence-electron chi connectivity index (χ0n) is 12.3. The molecule has 6 nitrogen and oxygen atoms in total. The van der Waals surface area contributed by atoms with Crippen LogP contribution in [0.15, 0.2) is 58.6 Å². The number of nitrogens with one attached hydrogen (secondary N) is 2. The van der Waals surface area contributed by atoms with Gasteiger partial charge in [-0.1, -0.05) is 18.2 Å². The fraction of sp³-hybridized carbons (Fsp3) is 0. The van der Waals surface area contributed by atoms with E-state index in [0.29, 0.717) is 5.56 Å². The highest BCUT2D eigenvalue weighted by Gasteiger charge is 2.13. The van der Waals surface area contributed by atoms with Gasteiger partial charge in [-0.05, 0) is 29.8 Å². The van der Waals surface area contributed by atoms with Crippen molar-refractivity contribution in [2.24, 2.45) is 5.10 Å². The summed E-state index contributed by atoms with van der Waals surface area (Å²) in [6, 6.07) is 10.3. The molecule has 0 aliphatic heterocycles. The Balaban J connectivity index is 1.84. The molecule has 0 atom stereocenters. The molecule has 120 valence electrons. The van der Waals surface area contributed by atoms with Crippen LogP contribution in [0.2, 0.25) is 0 Å². The second-order valence-electron chi connectivity index (χ2n) is 4.99. The number of aromatic amines is 1. The number of halogens is 1. The van der Waals surface area contributed by atoms with Crippen LogP contribution in [0.3, 0.4) is 0 Å². The second kappa shape index (κ2) is 6.33. The summed E-state index contributed by atoms with van der Waals surface area (Å²) in [5, 5.41) is 13.2. The van der Waals surface area contributed by atoms with E-state index in [1.807, 2.05) is 0 Å². The Morgan fingerprint density at radius 1 is 1.25 bits per heavy atom. The van der Waals surface area contributed by atoms with E-state index in [1.165, 1.54) is 36.5 Å². The lowest BCUT2D eigenvalue weighted by Gasteiger charge is -2.03. The molecule has 1 heterocycles. The van der Waals surface area contributed by atoms with Gasteiger partial charge < -0.3 is 10.1 Å². The van der Waals surface area contributed by atoms with Crippen molar-refractivity contribution >= 4 is 23.0 Å². The number of nitrogens with zero attached hydrogens (tertiary/aromatic N) is 1. The van der Waals surface area contributed by atoms with Crippen molar-refractivity contribution in [1.82, 2.24) is 10.4 Å². The molecule has 1 amide bonds. The summed E-state index contributed by atoms with van der Waals surface area (Å²) >= 11 is 0. The van der Waals surface area contributed by atoms with Gasteiger partial charge in [-0.2, -0.15) is 5.10 Å². The number of phenols is 1. The molecule has 3 rings (SSSR count). The van der Waals surface area contributed by atoms with Gasteiger partial charge in [0, 0.05) is 11.6 Å². The lowest BCUT2D eigenvalue weighted by atomic mass is 10.1. The van der Waals surface area contributed by atoms with Crippen LogP contribution in [0.4, 0.5) is 4.39 Å². The van der Waals surface area contributed by atoms with Crippen molar-refractivity contribution in [2.75, 3.05) is 0 Å². The minimum absolute atomic E-state index is 0.0438. The number of H-pyrrole nitrogens is 1. The van der Waals surface area contributed by atoms with E-state index in [1.54, 1.807) is 12.1 Å². The Hall–Kier alpha value is -3.48. The Labute approximate surface area is 135 Å². The van der Waals surface area contributed by atoms with Gasteiger partial charge in [-0.15, -0.1) is 0 Å².